The Morgan fingerprint density at radius 1 is 1.17 bits per heavy atom. The van der Waals surface area contributed by atoms with Crippen molar-refractivity contribution in [2.24, 2.45) is 11.5 Å². The predicted octanol–water partition coefficient (Wildman–Crippen LogP) is 3.14. The molecular formula is C21H24FN7O. The van der Waals surface area contributed by atoms with Gasteiger partial charge in [-0.25, -0.2) is 9.37 Å². The standard InChI is InChI=1S/C21H24FN7O/c22-16-8-15(19(24)30)20(29-21(16)28-18-4-2-1-3-17(18)23)27-14-7-13(10-26-11-14)12-5-6-25-9-12/h5-11,17-18,25H,1-4,23H2,(H2,24,30)(H2,27,28,29). The quantitative estimate of drug-likeness (QED) is 0.424. The van der Waals surface area contributed by atoms with Crippen LogP contribution in [0, 0.1) is 5.82 Å². The minimum Gasteiger partial charge on any atom is -0.367 e. The SMILES string of the molecule is NC(=O)c1cc(F)c(NC2CCCCC2N)nc1Nc1cncc(-c2cc[nH]c2)c1. The van der Waals surface area contributed by atoms with Gasteiger partial charge in [0.1, 0.15) is 5.82 Å². The lowest BCUT2D eigenvalue weighted by Crippen LogP contribution is -2.43. The monoisotopic (exact) mass is 409 g/mol. The summed E-state index contributed by atoms with van der Waals surface area (Å²) >= 11 is 0. The molecule has 1 fully saturated rings. The molecule has 1 aliphatic rings. The molecule has 3 aromatic heterocycles. The van der Waals surface area contributed by atoms with Crippen LogP contribution in [0.1, 0.15) is 36.0 Å². The van der Waals surface area contributed by atoms with E-state index in [-0.39, 0.29) is 29.3 Å². The Morgan fingerprint density at radius 2 is 2.00 bits per heavy atom. The number of aromatic amines is 1. The van der Waals surface area contributed by atoms with E-state index in [1.54, 1.807) is 12.4 Å². The van der Waals surface area contributed by atoms with Crippen molar-refractivity contribution in [3.05, 3.63) is 54.4 Å². The fraction of sp³-hybridized carbons (Fsp3) is 0.286. The first-order valence-corrected chi connectivity index (χ1v) is 9.89. The Labute approximate surface area is 173 Å². The second-order valence-electron chi connectivity index (χ2n) is 7.47. The van der Waals surface area contributed by atoms with Crippen molar-refractivity contribution in [3.8, 4) is 11.1 Å². The molecule has 0 aliphatic heterocycles. The first kappa shape index (κ1) is 19.8. The Kier molecular flexibility index (Phi) is 5.62. The molecule has 156 valence electrons. The summed E-state index contributed by atoms with van der Waals surface area (Å²) in [7, 11) is 0. The summed E-state index contributed by atoms with van der Waals surface area (Å²) in [6.07, 6.45) is 10.8. The number of halogens is 1. The van der Waals surface area contributed by atoms with E-state index < -0.39 is 11.7 Å². The molecule has 1 saturated carbocycles. The van der Waals surface area contributed by atoms with Gasteiger partial charge in [0.2, 0.25) is 0 Å². The van der Waals surface area contributed by atoms with Gasteiger partial charge in [0.05, 0.1) is 17.4 Å². The molecule has 9 heteroatoms. The number of aromatic nitrogens is 3. The lowest BCUT2D eigenvalue weighted by Gasteiger charge is -2.30. The maximum atomic E-state index is 14.6. The van der Waals surface area contributed by atoms with Crippen LogP contribution >= 0.6 is 0 Å². The molecule has 7 N–H and O–H groups in total. The topological polar surface area (TPSA) is 135 Å². The zero-order valence-electron chi connectivity index (χ0n) is 16.4. The number of primary amides is 1. The van der Waals surface area contributed by atoms with E-state index in [1.807, 2.05) is 24.5 Å². The maximum absolute atomic E-state index is 14.6. The molecule has 8 nitrogen and oxygen atoms in total. The summed E-state index contributed by atoms with van der Waals surface area (Å²) < 4.78 is 14.6. The number of carbonyl (C=O) groups excluding carboxylic acids is 1. The number of rotatable bonds is 6. The number of anilines is 3. The second kappa shape index (κ2) is 8.50. The van der Waals surface area contributed by atoms with Crippen molar-refractivity contribution in [1.82, 2.24) is 15.0 Å². The van der Waals surface area contributed by atoms with E-state index in [4.69, 9.17) is 11.5 Å². The molecule has 4 rings (SSSR count). The van der Waals surface area contributed by atoms with Gasteiger partial charge < -0.3 is 27.1 Å². The summed E-state index contributed by atoms with van der Waals surface area (Å²) in [6.45, 7) is 0. The van der Waals surface area contributed by atoms with E-state index in [2.05, 4.69) is 25.6 Å². The molecular weight excluding hydrogens is 385 g/mol. The van der Waals surface area contributed by atoms with Crippen LogP contribution in [0.4, 0.5) is 21.7 Å². The zero-order valence-corrected chi connectivity index (χ0v) is 16.4. The van der Waals surface area contributed by atoms with Crippen LogP contribution in [-0.4, -0.2) is 32.9 Å². The van der Waals surface area contributed by atoms with E-state index in [0.717, 1.165) is 42.9 Å². The molecule has 2 atom stereocenters. The highest BCUT2D eigenvalue weighted by Crippen LogP contribution is 2.28. The molecule has 1 amide bonds. The second-order valence-corrected chi connectivity index (χ2v) is 7.47. The highest BCUT2D eigenvalue weighted by atomic mass is 19.1. The predicted molar refractivity (Wildman–Crippen MR) is 114 cm³/mol. The molecule has 30 heavy (non-hydrogen) atoms. The van der Waals surface area contributed by atoms with Crippen molar-refractivity contribution in [2.45, 2.75) is 37.8 Å². The number of nitrogens with zero attached hydrogens (tertiary/aromatic N) is 2. The third-order valence-corrected chi connectivity index (χ3v) is 5.32. The molecule has 1 aliphatic carbocycles. The average molecular weight is 409 g/mol. The lowest BCUT2D eigenvalue weighted by molar-refractivity contribution is 0.100. The molecule has 0 bridgehead atoms. The van der Waals surface area contributed by atoms with Crippen LogP contribution in [0.5, 0.6) is 0 Å². The number of nitrogens with one attached hydrogen (secondary N) is 3. The van der Waals surface area contributed by atoms with Gasteiger partial charge >= 0.3 is 0 Å². The summed E-state index contributed by atoms with van der Waals surface area (Å²) in [5.74, 6) is -1.23. The molecule has 3 aromatic rings. The van der Waals surface area contributed by atoms with Gasteiger partial charge in [-0.15, -0.1) is 0 Å². The summed E-state index contributed by atoms with van der Waals surface area (Å²) in [5, 5.41) is 6.15. The Balaban J connectivity index is 1.64. The fourth-order valence-electron chi connectivity index (χ4n) is 3.69. The minimum atomic E-state index is -0.778. The van der Waals surface area contributed by atoms with Crippen LogP contribution in [0.3, 0.4) is 0 Å². The van der Waals surface area contributed by atoms with Crippen LogP contribution in [0.2, 0.25) is 0 Å². The highest BCUT2D eigenvalue weighted by Gasteiger charge is 2.24. The van der Waals surface area contributed by atoms with Gasteiger partial charge in [0, 0.05) is 41.8 Å². The molecule has 0 saturated heterocycles. The summed E-state index contributed by atoms with van der Waals surface area (Å²) in [6, 6.07) is 4.72. The largest absolute Gasteiger partial charge is 0.367 e. The van der Waals surface area contributed by atoms with E-state index in [1.165, 1.54) is 0 Å². The number of amides is 1. The van der Waals surface area contributed by atoms with Crippen LogP contribution in [-0.2, 0) is 0 Å². The van der Waals surface area contributed by atoms with Gasteiger partial charge in [0.15, 0.2) is 11.6 Å². The molecule has 3 heterocycles. The van der Waals surface area contributed by atoms with E-state index in [9.17, 15) is 9.18 Å². The molecule has 0 radical (unpaired) electrons. The van der Waals surface area contributed by atoms with Gasteiger partial charge in [0.25, 0.3) is 5.91 Å². The summed E-state index contributed by atoms with van der Waals surface area (Å²) in [4.78, 5) is 23.4. The molecule has 2 unspecified atom stereocenters. The van der Waals surface area contributed by atoms with Gasteiger partial charge in [-0.2, -0.15) is 0 Å². The van der Waals surface area contributed by atoms with Crippen molar-refractivity contribution >= 4 is 23.2 Å². The number of hydrogen-bond donors (Lipinski definition) is 5. The maximum Gasteiger partial charge on any atom is 0.252 e. The third kappa shape index (κ3) is 4.25. The van der Waals surface area contributed by atoms with Gasteiger partial charge in [-0.3, -0.25) is 9.78 Å². The minimum absolute atomic E-state index is 0.0413. The van der Waals surface area contributed by atoms with Gasteiger partial charge in [-0.05, 0) is 31.0 Å². The lowest BCUT2D eigenvalue weighted by atomic mass is 9.91. The highest BCUT2D eigenvalue weighted by molar-refractivity contribution is 5.98. The zero-order chi connectivity index (χ0) is 21.1. The first-order valence-electron chi connectivity index (χ1n) is 9.89. The van der Waals surface area contributed by atoms with Crippen molar-refractivity contribution in [3.63, 3.8) is 0 Å². The number of pyridine rings is 2. The first-order chi connectivity index (χ1) is 14.5. The van der Waals surface area contributed by atoms with Crippen molar-refractivity contribution in [2.75, 3.05) is 10.6 Å². The van der Waals surface area contributed by atoms with Crippen LogP contribution in [0.25, 0.3) is 11.1 Å². The van der Waals surface area contributed by atoms with E-state index >= 15 is 0 Å². The van der Waals surface area contributed by atoms with E-state index in [0.29, 0.717) is 5.69 Å². The summed E-state index contributed by atoms with van der Waals surface area (Å²) in [5.41, 5.74) is 14.0. The third-order valence-electron chi connectivity index (χ3n) is 5.32. The van der Waals surface area contributed by atoms with Crippen molar-refractivity contribution in [1.29, 1.82) is 0 Å². The smallest absolute Gasteiger partial charge is 0.252 e. The number of carbonyl (C=O) groups is 1. The number of hydrogen-bond acceptors (Lipinski definition) is 6. The Hall–Kier alpha value is -3.46. The normalized spacial score (nSPS) is 18.7. The van der Waals surface area contributed by atoms with Crippen LogP contribution in [0.15, 0.2) is 43.0 Å². The van der Waals surface area contributed by atoms with Gasteiger partial charge in [-0.1, -0.05) is 12.8 Å². The number of nitrogens with two attached hydrogens (primary N) is 2. The number of H-pyrrole nitrogens is 1. The fourth-order valence-corrected chi connectivity index (χ4v) is 3.69. The molecule has 0 aromatic carbocycles. The Bertz CT molecular complexity index is 1040. The molecule has 0 spiro atoms. The van der Waals surface area contributed by atoms with Crippen LogP contribution < -0.4 is 22.1 Å². The average Bonchev–Trinajstić information content (AvgIpc) is 3.27. The Morgan fingerprint density at radius 3 is 2.73 bits per heavy atom. The van der Waals surface area contributed by atoms with Crippen molar-refractivity contribution < 1.29 is 9.18 Å².